The van der Waals surface area contributed by atoms with Crippen LogP contribution in [-0.2, 0) is 9.53 Å². The molecule has 4 aliphatic carbocycles. The predicted octanol–water partition coefficient (Wildman–Crippen LogP) is 12.1. The summed E-state index contributed by atoms with van der Waals surface area (Å²) in [6.07, 6.45) is 6.91. The molecule has 14 rings (SSSR count). The average molecular weight is 1170 g/mol. The van der Waals surface area contributed by atoms with E-state index in [0.29, 0.717) is 161 Å². The number of benzene rings is 5. The number of nitrogens with zero attached hydrogens (tertiary/aromatic N) is 7. The van der Waals surface area contributed by atoms with Crippen LogP contribution in [0, 0.1) is 26.1 Å². The van der Waals surface area contributed by atoms with Crippen LogP contribution in [0.2, 0.25) is 0 Å². The van der Waals surface area contributed by atoms with Crippen molar-refractivity contribution in [1.82, 2.24) is 25.9 Å². The number of aromatic nitrogens is 4. The number of carbonyl (C=O) groups excluding carboxylic acids is 3. The summed E-state index contributed by atoms with van der Waals surface area (Å²) in [5, 5.41) is 53.1. The molecule has 1 aliphatic heterocycles. The Balaban J connectivity index is 0.000000193. The number of non-ortho nitro benzene ring substituents is 1. The summed E-state index contributed by atoms with van der Waals surface area (Å²) in [6.45, 7) is 2.89. The molecule has 0 bridgehead atoms. The minimum atomic E-state index is -0.674. The highest BCUT2D eigenvalue weighted by Crippen LogP contribution is 2.49. The maximum Gasteiger partial charge on any atom is 0.299 e. The van der Waals surface area contributed by atoms with Crippen molar-refractivity contribution < 1.29 is 47.1 Å². The summed E-state index contributed by atoms with van der Waals surface area (Å²) in [4.78, 5) is 63.4. The van der Waals surface area contributed by atoms with Gasteiger partial charge in [-0.3, -0.25) is 34.6 Å². The van der Waals surface area contributed by atoms with Crippen LogP contribution in [0.5, 0.6) is 0 Å². The van der Waals surface area contributed by atoms with E-state index in [1.165, 1.54) is 12.1 Å². The fourth-order valence-electron chi connectivity index (χ4n) is 11.0. The fourth-order valence-corrected chi connectivity index (χ4v) is 11.5. The summed E-state index contributed by atoms with van der Waals surface area (Å²) in [5.74, 6) is 2.68. The van der Waals surface area contributed by atoms with E-state index in [9.17, 15) is 34.6 Å². The Morgan fingerprint density at radius 2 is 1.18 bits per heavy atom. The maximum absolute atomic E-state index is 14.0. The van der Waals surface area contributed by atoms with E-state index in [1.54, 1.807) is 12.1 Å². The number of nitro groups is 2. The molecule has 1 amide bonds. The second kappa shape index (κ2) is 21.6. The van der Waals surface area contributed by atoms with Crippen LogP contribution in [-0.4, -0.2) is 87.3 Å². The molecule has 4 N–H and O–H groups in total. The Kier molecular flexibility index (Phi) is 13.8. The van der Waals surface area contributed by atoms with Gasteiger partial charge in [-0.2, -0.15) is 0 Å². The smallest absolute Gasteiger partial charge is 0.299 e. The summed E-state index contributed by atoms with van der Waals surface area (Å²) >= 11 is 3.54. The molecule has 2 saturated carbocycles. The molecule has 1 saturated heterocycles. The first-order valence-electron chi connectivity index (χ1n) is 27.1. The van der Waals surface area contributed by atoms with Crippen molar-refractivity contribution in [2.45, 2.75) is 63.2 Å². The van der Waals surface area contributed by atoms with Crippen molar-refractivity contribution in [3.8, 4) is 22.6 Å². The molecule has 0 atom stereocenters. The van der Waals surface area contributed by atoms with Gasteiger partial charge in [0.25, 0.3) is 11.4 Å². The molecule has 416 valence electrons. The lowest BCUT2D eigenvalue weighted by molar-refractivity contribution is -0.393. The Bertz CT molecular complexity index is 4040. The van der Waals surface area contributed by atoms with Crippen molar-refractivity contribution in [3.05, 3.63) is 149 Å². The Morgan fingerprint density at radius 3 is 1.76 bits per heavy atom. The summed E-state index contributed by atoms with van der Waals surface area (Å²) < 4.78 is 29.0. The van der Waals surface area contributed by atoms with Crippen LogP contribution < -0.4 is 26.2 Å². The number of hydrogen-bond donors (Lipinski definition) is 4. The van der Waals surface area contributed by atoms with Gasteiger partial charge in [-0.25, -0.2) is 0 Å². The monoisotopic (exact) mass is 1170 g/mol. The topological polar surface area (TPSA) is 302 Å². The Hall–Kier alpha value is -9.29. The number of anilines is 6. The van der Waals surface area contributed by atoms with E-state index in [2.05, 4.69) is 62.7 Å². The second-order valence-electron chi connectivity index (χ2n) is 20.9. The van der Waals surface area contributed by atoms with Crippen LogP contribution in [0.15, 0.2) is 114 Å². The quantitative estimate of drug-likeness (QED) is 0.0332. The summed E-state index contributed by atoms with van der Waals surface area (Å²) in [7, 11) is 0. The first-order chi connectivity index (χ1) is 40.0. The van der Waals surface area contributed by atoms with E-state index in [1.807, 2.05) is 60.7 Å². The average Bonchev–Trinajstić information content (AvgIpc) is 2.65. The number of amides is 1. The lowest BCUT2D eigenvalue weighted by atomic mass is 9.86. The number of piperidine rings is 1. The van der Waals surface area contributed by atoms with Gasteiger partial charge < -0.3 is 49.0 Å². The molecule has 5 aliphatic rings. The molecule has 23 nitrogen and oxygen atoms in total. The van der Waals surface area contributed by atoms with Gasteiger partial charge >= 0.3 is 0 Å². The van der Waals surface area contributed by atoms with Crippen molar-refractivity contribution in [2.24, 2.45) is 5.92 Å². The fraction of sp³-hybridized carbons (Fsp3) is 0.293. The SMILES string of the molecule is O=C1c2ccccc2-c2onc3c(Br)cc(Nc4cc(C5CC5)no4)c1c23.O=C1c2ccccc2-c2onc3c(N4CCC(C(=O)NCCCOCCCNc5ccc([N+](=O)[O-])cc5[N+](=O)[O-])CC4)cc(Nc4cc(C5CC5)no4)c1c23. The number of halogens is 1. The molecule has 0 radical (unpaired) electrons. The largest absolute Gasteiger partial charge is 0.381 e. The van der Waals surface area contributed by atoms with Crippen LogP contribution in [0.25, 0.3) is 44.5 Å². The number of carbonyl (C=O) groups is 3. The Labute approximate surface area is 473 Å². The third kappa shape index (κ3) is 9.96. The van der Waals surface area contributed by atoms with Crippen LogP contribution in [0.4, 0.5) is 45.9 Å². The highest BCUT2D eigenvalue weighted by Gasteiger charge is 2.37. The molecule has 5 aromatic carbocycles. The number of rotatable bonds is 19. The zero-order valence-electron chi connectivity index (χ0n) is 43.7. The molecular formula is C58H50BrN11O12. The highest BCUT2D eigenvalue weighted by molar-refractivity contribution is 9.10. The number of fused-ring (bicyclic) bond motifs is 4. The molecule has 0 unspecified atom stereocenters. The normalized spacial score (nSPS) is 15.2. The number of nitro benzene ring substituents is 2. The number of ether oxygens (including phenoxy) is 1. The van der Waals surface area contributed by atoms with Gasteiger partial charge in [0, 0.05) is 102 Å². The summed E-state index contributed by atoms with van der Waals surface area (Å²) in [5.41, 5.74) is 8.22. The van der Waals surface area contributed by atoms with Gasteiger partial charge in [0.05, 0.1) is 66.3 Å². The molecule has 3 fully saturated rings. The third-order valence-electron chi connectivity index (χ3n) is 15.4. The van der Waals surface area contributed by atoms with E-state index in [4.69, 9.17) is 22.8 Å². The maximum atomic E-state index is 14.0. The number of hydrogen-bond acceptors (Lipinski definition) is 20. The number of nitrogens with one attached hydrogen (secondary N) is 4. The van der Waals surface area contributed by atoms with Crippen molar-refractivity contribution >= 4 is 101 Å². The zero-order chi connectivity index (χ0) is 56.2. The minimum Gasteiger partial charge on any atom is -0.381 e. The molecule has 24 heteroatoms. The summed E-state index contributed by atoms with van der Waals surface area (Å²) in [6, 6.07) is 25.8. The molecule has 82 heavy (non-hydrogen) atoms. The first-order valence-corrected chi connectivity index (χ1v) is 27.9. The van der Waals surface area contributed by atoms with Crippen LogP contribution in [0.1, 0.15) is 106 Å². The van der Waals surface area contributed by atoms with Crippen molar-refractivity contribution in [1.29, 1.82) is 0 Å². The van der Waals surface area contributed by atoms with Gasteiger partial charge in [0.2, 0.25) is 17.7 Å². The van der Waals surface area contributed by atoms with Gasteiger partial charge in [0.15, 0.2) is 23.1 Å². The van der Waals surface area contributed by atoms with E-state index in [-0.39, 0.29) is 40.5 Å². The molecule has 5 heterocycles. The van der Waals surface area contributed by atoms with Gasteiger partial charge in [-0.15, -0.1) is 0 Å². The Morgan fingerprint density at radius 1 is 0.634 bits per heavy atom. The van der Waals surface area contributed by atoms with Crippen molar-refractivity contribution in [3.63, 3.8) is 0 Å². The van der Waals surface area contributed by atoms with Gasteiger partial charge in [0.1, 0.15) is 16.7 Å². The minimum absolute atomic E-state index is 0.00601. The molecule has 0 spiro atoms. The predicted molar refractivity (Wildman–Crippen MR) is 303 cm³/mol. The van der Waals surface area contributed by atoms with Crippen LogP contribution in [0.3, 0.4) is 0 Å². The molecule has 4 aromatic heterocycles. The lowest BCUT2D eigenvalue weighted by Crippen LogP contribution is -2.41. The number of ketones is 2. The van der Waals surface area contributed by atoms with Gasteiger partial charge in [-0.05, 0) is 85.5 Å². The first kappa shape index (κ1) is 52.1. The second-order valence-corrected chi connectivity index (χ2v) is 21.7. The van der Waals surface area contributed by atoms with Gasteiger partial charge in [-0.1, -0.05) is 69.2 Å². The van der Waals surface area contributed by atoms with E-state index >= 15 is 0 Å². The lowest BCUT2D eigenvalue weighted by Gasteiger charge is -2.33. The van der Waals surface area contributed by atoms with Crippen molar-refractivity contribution in [2.75, 3.05) is 60.2 Å². The van der Waals surface area contributed by atoms with Crippen LogP contribution >= 0.6 is 15.9 Å². The standard InChI is InChI=1S/C38H38N8O9.C20H12BrN3O3/c47-36-25-5-1-2-6-26(25)37-34-33(36)29(41-32-21-28(42-54-32)22-7-8-22)20-31(35(34)43-55-37)44-15-11-23(12-16-44)38(48)40-14-4-18-53-17-3-13-39-27-10-9-24(45(49)50)19-30(27)46(51)52;21-12-7-14(22-15-8-13(23-26-15)9-5-6-9)16-17-18(12)24-27-20(17)11-4-2-1-3-10(11)19(16)25/h1-2,5-6,9-10,19-23,39,41H,3-4,7-8,11-18H2,(H,40,48);1-4,7-9,22H,5-6H2. The molecule has 9 aromatic rings. The molecular weight excluding hydrogens is 1120 g/mol. The van der Waals surface area contributed by atoms with E-state index in [0.717, 1.165) is 58.9 Å². The van der Waals surface area contributed by atoms with E-state index < -0.39 is 9.85 Å². The third-order valence-corrected chi connectivity index (χ3v) is 16.0. The highest BCUT2D eigenvalue weighted by atomic mass is 79.9. The zero-order valence-corrected chi connectivity index (χ0v) is 45.3.